The smallest absolute Gasteiger partial charge is 0.319 e. The Morgan fingerprint density at radius 2 is 1.97 bits per heavy atom. The van der Waals surface area contributed by atoms with Gasteiger partial charge in [0.25, 0.3) is 0 Å². The number of ether oxygens (including phenoxy) is 2. The van der Waals surface area contributed by atoms with Crippen LogP contribution < -0.4 is 10.5 Å². The molecule has 0 unspecified atom stereocenters. The van der Waals surface area contributed by atoms with E-state index in [1.807, 2.05) is 34.9 Å². The second-order valence-corrected chi connectivity index (χ2v) is 7.80. The lowest BCUT2D eigenvalue weighted by molar-refractivity contribution is -0.142. The van der Waals surface area contributed by atoms with Crippen molar-refractivity contribution in [2.75, 3.05) is 32.5 Å². The molecule has 0 amide bonds. The van der Waals surface area contributed by atoms with Crippen LogP contribution in [0.3, 0.4) is 0 Å². The highest BCUT2D eigenvalue weighted by Crippen LogP contribution is 2.30. The number of likely N-dealkylation sites (tertiary alicyclic amines) is 1. The van der Waals surface area contributed by atoms with E-state index in [9.17, 15) is 4.79 Å². The Labute approximate surface area is 189 Å². The lowest BCUT2D eigenvalue weighted by Crippen LogP contribution is -2.41. The molecular formula is C22H23N7O4. The molecule has 11 heteroatoms. The van der Waals surface area contributed by atoms with Crippen LogP contribution in [0, 0.1) is 0 Å². The number of benzene rings is 1. The quantitative estimate of drug-likeness (QED) is 0.436. The molecule has 0 radical (unpaired) electrons. The minimum Gasteiger partial charge on any atom is -0.490 e. The number of aromatic nitrogens is 5. The first-order valence-corrected chi connectivity index (χ1v) is 10.6. The predicted octanol–water partition coefficient (Wildman–Crippen LogP) is 2.07. The van der Waals surface area contributed by atoms with E-state index in [0.29, 0.717) is 23.6 Å². The van der Waals surface area contributed by atoms with Gasteiger partial charge >= 0.3 is 5.97 Å². The lowest BCUT2D eigenvalue weighted by Gasteiger charge is -2.31. The van der Waals surface area contributed by atoms with E-state index in [2.05, 4.69) is 25.2 Å². The summed E-state index contributed by atoms with van der Waals surface area (Å²) >= 11 is 0. The molecule has 1 aliphatic heterocycles. The monoisotopic (exact) mass is 449 g/mol. The molecule has 2 N–H and O–H groups in total. The topological polar surface area (TPSA) is 134 Å². The van der Waals surface area contributed by atoms with E-state index in [-0.39, 0.29) is 17.9 Å². The maximum Gasteiger partial charge on any atom is 0.319 e. The van der Waals surface area contributed by atoms with Crippen LogP contribution >= 0.6 is 0 Å². The van der Waals surface area contributed by atoms with Crippen LogP contribution in [0.15, 0.2) is 47.4 Å². The van der Waals surface area contributed by atoms with E-state index < -0.39 is 0 Å². The summed E-state index contributed by atoms with van der Waals surface area (Å²) in [6.07, 6.45) is 5.18. The van der Waals surface area contributed by atoms with Gasteiger partial charge in [-0.1, -0.05) is 0 Å². The molecule has 0 spiro atoms. The van der Waals surface area contributed by atoms with Crippen LogP contribution in [-0.4, -0.2) is 68.6 Å². The van der Waals surface area contributed by atoms with Gasteiger partial charge in [-0.3, -0.25) is 19.2 Å². The number of hydrogen-bond donors (Lipinski definition) is 1. The van der Waals surface area contributed by atoms with Gasteiger partial charge in [0, 0.05) is 25.0 Å². The van der Waals surface area contributed by atoms with Crippen LogP contribution in [0.2, 0.25) is 0 Å². The van der Waals surface area contributed by atoms with Crippen molar-refractivity contribution in [1.29, 1.82) is 0 Å². The minimum absolute atomic E-state index is 0.0986. The van der Waals surface area contributed by atoms with Crippen LogP contribution in [-0.2, 0) is 9.53 Å². The fraction of sp³-hybridized carbons (Fsp3) is 0.318. The highest BCUT2D eigenvalue weighted by Gasteiger charge is 2.23. The molecule has 1 saturated heterocycles. The summed E-state index contributed by atoms with van der Waals surface area (Å²) in [5.74, 6) is 1.25. The third-order valence-corrected chi connectivity index (χ3v) is 5.70. The van der Waals surface area contributed by atoms with Gasteiger partial charge in [-0.25, -0.2) is 9.61 Å². The number of carbonyl (C=O) groups is 1. The number of nitrogens with two attached hydrogens (primary N) is 1. The molecule has 1 aromatic carbocycles. The average Bonchev–Trinajstić information content (AvgIpc) is 3.44. The van der Waals surface area contributed by atoms with Crippen molar-refractivity contribution in [3.63, 3.8) is 0 Å². The van der Waals surface area contributed by atoms with E-state index in [4.69, 9.17) is 19.8 Å². The van der Waals surface area contributed by atoms with Crippen LogP contribution in [0.1, 0.15) is 12.8 Å². The number of piperidine rings is 1. The number of esters is 1. The van der Waals surface area contributed by atoms with E-state index in [1.54, 1.807) is 12.4 Å². The van der Waals surface area contributed by atoms with Gasteiger partial charge in [-0.05, 0) is 53.5 Å². The Bertz CT molecular complexity index is 1260. The number of hydrogen-bond acceptors (Lipinski definition) is 10. The number of methoxy groups -OCH3 is 1. The average molecular weight is 449 g/mol. The minimum atomic E-state index is -0.213. The first-order valence-electron chi connectivity index (χ1n) is 10.6. The van der Waals surface area contributed by atoms with Gasteiger partial charge in [0.1, 0.15) is 17.4 Å². The van der Waals surface area contributed by atoms with Crippen LogP contribution in [0.25, 0.3) is 28.2 Å². The molecule has 1 aliphatic rings. The zero-order valence-electron chi connectivity index (χ0n) is 18.0. The first kappa shape index (κ1) is 20.9. The number of nitrogen functional groups attached to an aromatic ring is 1. The second-order valence-electron chi connectivity index (χ2n) is 7.80. The van der Waals surface area contributed by atoms with Crippen molar-refractivity contribution < 1.29 is 18.9 Å². The molecule has 0 atom stereocenters. The molecule has 0 bridgehead atoms. The first-order chi connectivity index (χ1) is 16.1. The van der Waals surface area contributed by atoms with E-state index >= 15 is 0 Å². The maximum atomic E-state index is 11.5. The van der Waals surface area contributed by atoms with Gasteiger partial charge in [0.2, 0.25) is 0 Å². The van der Waals surface area contributed by atoms with Crippen molar-refractivity contribution in [2.45, 2.75) is 18.9 Å². The Balaban J connectivity index is 1.35. The molecule has 4 aromatic rings. The summed E-state index contributed by atoms with van der Waals surface area (Å²) in [6.45, 7) is 1.91. The zero-order chi connectivity index (χ0) is 22.8. The lowest BCUT2D eigenvalue weighted by atomic mass is 10.1. The number of pyridine rings is 1. The van der Waals surface area contributed by atoms with Crippen LogP contribution in [0.4, 0.5) is 5.82 Å². The maximum absolute atomic E-state index is 11.5. The number of nitrogens with zero attached hydrogens (tertiary/aromatic N) is 6. The third-order valence-electron chi connectivity index (χ3n) is 5.70. The number of carbonyl (C=O) groups excluding carboxylic acids is 1. The van der Waals surface area contributed by atoms with E-state index in [0.717, 1.165) is 42.9 Å². The summed E-state index contributed by atoms with van der Waals surface area (Å²) < 4.78 is 17.6. The molecule has 170 valence electrons. The van der Waals surface area contributed by atoms with Crippen molar-refractivity contribution in [3.05, 3.63) is 42.7 Å². The van der Waals surface area contributed by atoms with Crippen molar-refractivity contribution >= 4 is 22.8 Å². The van der Waals surface area contributed by atoms with Gasteiger partial charge in [0.15, 0.2) is 17.3 Å². The molecule has 5 rings (SSSR count). The van der Waals surface area contributed by atoms with Crippen molar-refractivity contribution in [3.8, 4) is 23.0 Å². The van der Waals surface area contributed by atoms with Crippen LogP contribution in [0.5, 0.6) is 5.75 Å². The summed E-state index contributed by atoms with van der Waals surface area (Å²) in [5.41, 5.74) is 8.72. The Morgan fingerprint density at radius 3 is 2.67 bits per heavy atom. The summed E-state index contributed by atoms with van der Waals surface area (Å²) in [5, 5.41) is 7.60. The van der Waals surface area contributed by atoms with Gasteiger partial charge in [-0.2, -0.15) is 0 Å². The van der Waals surface area contributed by atoms with E-state index in [1.165, 1.54) is 7.11 Å². The predicted molar refractivity (Wildman–Crippen MR) is 119 cm³/mol. The Morgan fingerprint density at radius 1 is 1.18 bits per heavy atom. The van der Waals surface area contributed by atoms with Gasteiger partial charge < -0.3 is 15.2 Å². The molecule has 0 aliphatic carbocycles. The van der Waals surface area contributed by atoms with Crippen molar-refractivity contribution in [1.82, 2.24) is 29.7 Å². The highest BCUT2D eigenvalue weighted by atomic mass is 16.6. The zero-order valence-corrected chi connectivity index (χ0v) is 18.0. The molecular weight excluding hydrogens is 426 g/mol. The highest BCUT2D eigenvalue weighted by molar-refractivity contribution is 5.83. The molecule has 11 nitrogen and oxygen atoms in total. The summed E-state index contributed by atoms with van der Waals surface area (Å²) in [7, 11) is 1.41. The molecule has 3 aromatic heterocycles. The molecule has 1 fully saturated rings. The third kappa shape index (κ3) is 4.22. The number of fused-ring (bicyclic) bond motifs is 1. The number of anilines is 1. The molecule has 33 heavy (non-hydrogen) atoms. The SMILES string of the molecule is COC(=O)CN1CCC(Oc2ccc(-n3c(-c4nonc4N)nc4cnccc43)cc2)CC1. The fourth-order valence-corrected chi connectivity index (χ4v) is 4.00. The summed E-state index contributed by atoms with van der Waals surface area (Å²) in [4.78, 5) is 22.3. The fourth-order valence-electron chi connectivity index (χ4n) is 4.00. The second kappa shape index (κ2) is 8.87. The van der Waals surface area contributed by atoms with Crippen molar-refractivity contribution in [2.24, 2.45) is 0 Å². The molecule has 4 heterocycles. The summed E-state index contributed by atoms with van der Waals surface area (Å²) in [6, 6.07) is 9.64. The largest absolute Gasteiger partial charge is 0.490 e. The van der Waals surface area contributed by atoms with Gasteiger partial charge in [-0.15, -0.1) is 0 Å². The number of rotatable bonds is 6. The van der Waals surface area contributed by atoms with Gasteiger partial charge in [0.05, 0.1) is 25.4 Å². The Kier molecular flexibility index (Phi) is 5.61. The molecule has 0 saturated carbocycles. The standard InChI is InChI=1S/C22H23N7O4/c1-31-19(30)13-28-10-7-16(8-11-28)32-15-4-2-14(3-5-15)29-18-6-9-24-12-17(18)25-22(29)20-21(23)27-33-26-20/h2-6,9,12,16H,7-8,10-11,13H2,1H3,(H2,23,27). The Hall–Kier alpha value is -3.99. The number of imidazole rings is 1. The normalized spacial score (nSPS) is 15.1.